The van der Waals surface area contributed by atoms with Crippen LogP contribution in [0.3, 0.4) is 0 Å². The van der Waals surface area contributed by atoms with Crippen molar-refractivity contribution in [1.29, 1.82) is 0 Å². The largest absolute Gasteiger partial charge is 0.489 e. The molecule has 0 spiro atoms. The van der Waals surface area contributed by atoms with Gasteiger partial charge in [0.1, 0.15) is 17.9 Å². The van der Waals surface area contributed by atoms with Gasteiger partial charge in [-0.2, -0.15) is 0 Å². The number of piperidine rings is 1. The highest BCUT2D eigenvalue weighted by Gasteiger charge is 2.39. The highest BCUT2D eigenvalue weighted by atomic mass is 16.5. The summed E-state index contributed by atoms with van der Waals surface area (Å²) in [4.78, 5) is 45.5. The lowest BCUT2D eigenvalue weighted by Gasteiger charge is -2.29. The molecule has 1 N–H and O–H groups in total. The molecule has 7 rings (SSSR count). The van der Waals surface area contributed by atoms with Crippen molar-refractivity contribution < 1.29 is 23.9 Å². The number of nitrogens with one attached hydrogen (secondary N) is 1. The molecule has 40 heavy (non-hydrogen) atoms. The van der Waals surface area contributed by atoms with Gasteiger partial charge in [-0.05, 0) is 66.1 Å². The zero-order chi connectivity index (χ0) is 27.2. The third-order valence-corrected chi connectivity index (χ3v) is 8.62. The molecule has 1 aromatic heterocycles. The summed E-state index contributed by atoms with van der Waals surface area (Å²) in [6, 6.07) is 13.8. The van der Waals surface area contributed by atoms with Crippen molar-refractivity contribution in [2.45, 2.75) is 56.8 Å². The highest BCUT2D eigenvalue weighted by Crippen LogP contribution is 2.32. The van der Waals surface area contributed by atoms with Crippen molar-refractivity contribution in [3.8, 4) is 5.75 Å². The first-order valence-corrected chi connectivity index (χ1v) is 14.1. The summed E-state index contributed by atoms with van der Waals surface area (Å²) < 4.78 is 11.9. The predicted octanol–water partition coefficient (Wildman–Crippen LogP) is 3.15. The van der Waals surface area contributed by atoms with Crippen molar-refractivity contribution in [1.82, 2.24) is 20.1 Å². The number of rotatable bonds is 6. The molecule has 4 aliphatic rings. The number of ether oxygens (including phenoxy) is 2. The van der Waals surface area contributed by atoms with Gasteiger partial charge in [0.25, 0.3) is 5.91 Å². The average Bonchev–Trinajstić information content (AvgIpc) is 3.70. The number of fused-ring (bicyclic) bond motifs is 2. The first-order valence-electron chi connectivity index (χ1n) is 14.1. The fourth-order valence-corrected chi connectivity index (χ4v) is 6.43. The van der Waals surface area contributed by atoms with Crippen LogP contribution in [-0.2, 0) is 27.4 Å². The molecule has 5 heterocycles. The molecule has 9 heteroatoms. The predicted molar refractivity (Wildman–Crippen MR) is 147 cm³/mol. The van der Waals surface area contributed by atoms with E-state index in [1.54, 1.807) is 11.0 Å². The number of amides is 3. The maximum absolute atomic E-state index is 13.0. The van der Waals surface area contributed by atoms with Crippen LogP contribution in [0.5, 0.6) is 5.75 Å². The summed E-state index contributed by atoms with van der Waals surface area (Å²) >= 11 is 0. The van der Waals surface area contributed by atoms with Crippen LogP contribution in [0.25, 0.3) is 10.8 Å². The monoisotopic (exact) mass is 540 g/mol. The van der Waals surface area contributed by atoms with Crippen LogP contribution in [0.1, 0.15) is 58.8 Å². The van der Waals surface area contributed by atoms with Gasteiger partial charge in [0, 0.05) is 62.3 Å². The standard InChI is InChI=1S/C31H32N4O5/c36-29-6-5-28(30(37)33-29)35-15-23-13-25(3-4-27(23)31(35)38)40-26-7-9-34(17-26)16-24-12-20-2-1-19(11-22(20)14-32-24)21-8-10-39-18-21/h1-4,11-14,21,26,28H,5-10,15-18H2,(H,33,36,37). The summed E-state index contributed by atoms with van der Waals surface area (Å²) in [5.74, 6) is 0.364. The molecule has 3 atom stereocenters. The highest BCUT2D eigenvalue weighted by molar-refractivity contribution is 6.05. The number of carbonyl (C=O) groups excluding carboxylic acids is 3. The summed E-state index contributed by atoms with van der Waals surface area (Å²) in [6.07, 6.45) is 4.64. The van der Waals surface area contributed by atoms with Crippen molar-refractivity contribution in [2.75, 3.05) is 26.3 Å². The number of carbonyl (C=O) groups is 3. The Bertz CT molecular complexity index is 1500. The average molecular weight is 541 g/mol. The fraction of sp³-hybridized carbons (Fsp3) is 0.419. The normalized spacial score (nSPS) is 25.1. The molecule has 3 fully saturated rings. The van der Waals surface area contributed by atoms with Crippen LogP contribution in [-0.4, -0.2) is 71.0 Å². The Labute approximate surface area is 232 Å². The molecule has 4 aliphatic heterocycles. The number of likely N-dealkylation sites (tertiary alicyclic amines) is 1. The van der Waals surface area contributed by atoms with Crippen LogP contribution in [0, 0.1) is 0 Å². The van der Waals surface area contributed by atoms with Crippen molar-refractivity contribution >= 4 is 28.5 Å². The minimum atomic E-state index is -0.613. The molecular weight excluding hydrogens is 508 g/mol. The van der Waals surface area contributed by atoms with Crippen LogP contribution < -0.4 is 10.1 Å². The van der Waals surface area contributed by atoms with Gasteiger partial charge in [0.2, 0.25) is 11.8 Å². The summed E-state index contributed by atoms with van der Waals surface area (Å²) in [6.45, 7) is 4.50. The molecule has 2 aromatic carbocycles. The molecule has 0 radical (unpaired) electrons. The van der Waals surface area contributed by atoms with Crippen LogP contribution in [0.4, 0.5) is 0 Å². The third-order valence-electron chi connectivity index (χ3n) is 8.62. The van der Waals surface area contributed by atoms with E-state index in [4.69, 9.17) is 14.5 Å². The maximum atomic E-state index is 13.0. The van der Waals surface area contributed by atoms with E-state index in [0.717, 1.165) is 62.7 Å². The van der Waals surface area contributed by atoms with Gasteiger partial charge in [0.05, 0.1) is 12.3 Å². The minimum Gasteiger partial charge on any atom is -0.489 e. The van der Waals surface area contributed by atoms with Gasteiger partial charge in [-0.1, -0.05) is 12.1 Å². The molecule has 3 aromatic rings. The lowest BCUT2D eigenvalue weighted by Crippen LogP contribution is -2.52. The van der Waals surface area contributed by atoms with Crippen molar-refractivity contribution in [3.05, 3.63) is 71.0 Å². The molecule has 9 nitrogen and oxygen atoms in total. The molecule has 3 amide bonds. The lowest BCUT2D eigenvalue weighted by molar-refractivity contribution is -0.136. The second-order valence-electron chi connectivity index (χ2n) is 11.3. The van der Waals surface area contributed by atoms with E-state index < -0.39 is 11.9 Å². The Balaban J connectivity index is 0.965. The molecule has 206 valence electrons. The first kappa shape index (κ1) is 25.2. The second kappa shape index (κ2) is 10.3. The molecular formula is C31H32N4O5. The van der Waals surface area contributed by atoms with E-state index in [1.807, 2.05) is 18.3 Å². The number of hydrogen-bond donors (Lipinski definition) is 1. The zero-order valence-electron chi connectivity index (χ0n) is 22.3. The molecule has 0 bridgehead atoms. The third kappa shape index (κ3) is 4.84. The van der Waals surface area contributed by atoms with E-state index in [2.05, 4.69) is 34.5 Å². The fourth-order valence-electron chi connectivity index (χ4n) is 6.43. The van der Waals surface area contributed by atoms with Crippen molar-refractivity contribution in [2.24, 2.45) is 0 Å². The lowest BCUT2D eigenvalue weighted by atomic mass is 9.96. The van der Waals surface area contributed by atoms with Gasteiger partial charge in [-0.15, -0.1) is 0 Å². The smallest absolute Gasteiger partial charge is 0.255 e. The molecule has 3 saturated heterocycles. The number of aromatic nitrogens is 1. The molecule has 0 aliphatic carbocycles. The van der Waals surface area contributed by atoms with E-state index >= 15 is 0 Å². The van der Waals surface area contributed by atoms with E-state index in [9.17, 15) is 14.4 Å². The summed E-state index contributed by atoms with van der Waals surface area (Å²) in [7, 11) is 0. The van der Waals surface area contributed by atoms with Gasteiger partial charge >= 0.3 is 0 Å². The molecule has 3 unspecified atom stereocenters. The Hall–Kier alpha value is -3.82. The zero-order valence-corrected chi connectivity index (χ0v) is 22.3. The number of hydrogen-bond acceptors (Lipinski definition) is 7. The van der Waals surface area contributed by atoms with Gasteiger partial charge in [0.15, 0.2) is 0 Å². The van der Waals surface area contributed by atoms with E-state index in [0.29, 0.717) is 24.4 Å². The van der Waals surface area contributed by atoms with Gasteiger partial charge in [-0.25, -0.2) is 0 Å². The van der Waals surface area contributed by atoms with Crippen LogP contribution in [0.2, 0.25) is 0 Å². The van der Waals surface area contributed by atoms with Gasteiger partial charge in [-0.3, -0.25) is 29.6 Å². The number of pyridine rings is 1. The Morgan fingerprint density at radius 1 is 1.02 bits per heavy atom. The molecule has 0 saturated carbocycles. The van der Waals surface area contributed by atoms with E-state index in [-0.39, 0.29) is 24.3 Å². The topological polar surface area (TPSA) is 101 Å². The van der Waals surface area contributed by atoms with Crippen LogP contribution in [0.15, 0.2) is 48.7 Å². The quantitative estimate of drug-likeness (QED) is 0.480. The van der Waals surface area contributed by atoms with Crippen LogP contribution >= 0.6 is 0 Å². The SMILES string of the molecule is O=C1CCC(N2Cc3cc(OC4CCN(Cc5cc6ccc(C7CCOC7)cc6cn5)C4)ccc3C2=O)C(=O)N1. The summed E-state index contributed by atoms with van der Waals surface area (Å²) in [5.41, 5.74) is 3.83. The first-order chi connectivity index (χ1) is 19.5. The maximum Gasteiger partial charge on any atom is 0.255 e. The Morgan fingerprint density at radius 2 is 1.95 bits per heavy atom. The minimum absolute atomic E-state index is 0.0537. The number of benzene rings is 2. The summed E-state index contributed by atoms with van der Waals surface area (Å²) in [5, 5.41) is 4.72. The Morgan fingerprint density at radius 3 is 2.80 bits per heavy atom. The number of nitrogens with zero attached hydrogens (tertiary/aromatic N) is 3. The second-order valence-corrected chi connectivity index (χ2v) is 11.3. The van der Waals surface area contributed by atoms with Crippen molar-refractivity contribution in [3.63, 3.8) is 0 Å². The van der Waals surface area contributed by atoms with Gasteiger partial charge < -0.3 is 14.4 Å². The number of imide groups is 1. The Kier molecular flexibility index (Phi) is 6.48. The van der Waals surface area contributed by atoms with E-state index in [1.165, 1.54) is 16.3 Å².